The van der Waals surface area contributed by atoms with E-state index in [1.807, 2.05) is 71.4 Å². The number of carbonyl (C=O) groups is 4. The molecule has 1 fully saturated rings. The summed E-state index contributed by atoms with van der Waals surface area (Å²) in [6, 6.07) is 21.7. The largest absolute Gasteiger partial charge is 0.492 e. The van der Waals surface area contributed by atoms with Crippen molar-refractivity contribution >= 4 is 46.3 Å². The van der Waals surface area contributed by atoms with Crippen molar-refractivity contribution in [1.29, 1.82) is 0 Å². The first kappa shape index (κ1) is 61.3. The lowest BCUT2D eigenvalue weighted by atomic mass is 9.92. The molecule has 18 nitrogen and oxygen atoms in total. The predicted molar refractivity (Wildman–Crippen MR) is 291 cm³/mol. The molecule has 0 bridgehead atoms. The maximum atomic E-state index is 13.9. The molecule has 2 amide bonds. The first-order chi connectivity index (χ1) is 37.0. The van der Waals surface area contributed by atoms with Crippen LogP contribution in [0.15, 0.2) is 78.9 Å². The first-order valence-corrected chi connectivity index (χ1v) is 27.2. The van der Waals surface area contributed by atoms with Crippen molar-refractivity contribution in [2.24, 2.45) is 0 Å². The number of amides is 2. The highest BCUT2D eigenvalue weighted by atomic mass is 35.5. The number of rotatable bonds is 37. The molecule has 2 heterocycles. The summed E-state index contributed by atoms with van der Waals surface area (Å²) in [5, 5.41) is 12.3. The Balaban J connectivity index is 0.911. The Hall–Kier alpha value is -5.60. The van der Waals surface area contributed by atoms with E-state index in [0.29, 0.717) is 51.9 Å². The highest BCUT2D eigenvalue weighted by Gasteiger charge is 2.23. The van der Waals surface area contributed by atoms with Gasteiger partial charge in [-0.2, -0.15) is 5.10 Å². The highest BCUT2D eigenvalue weighted by molar-refractivity contribution is 6.17. The molecule has 2 N–H and O–H groups in total. The average Bonchev–Trinajstić information content (AvgIpc) is 3.86. The maximum absolute atomic E-state index is 13.9. The normalized spacial score (nSPS) is 13.0. The van der Waals surface area contributed by atoms with Gasteiger partial charge in [0.2, 0.25) is 0 Å². The molecule has 19 heteroatoms. The van der Waals surface area contributed by atoms with Crippen LogP contribution >= 0.6 is 11.6 Å². The minimum absolute atomic E-state index is 0.0174. The number of nitrogens with zero attached hydrogens (tertiary/aromatic N) is 3. The zero-order valence-corrected chi connectivity index (χ0v) is 45.6. The minimum Gasteiger partial charge on any atom is -0.492 e. The number of benzene rings is 3. The van der Waals surface area contributed by atoms with Crippen molar-refractivity contribution in [3.63, 3.8) is 0 Å². The van der Waals surface area contributed by atoms with Crippen molar-refractivity contribution in [1.82, 2.24) is 25.3 Å². The molecule has 0 spiro atoms. The van der Waals surface area contributed by atoms with Crippen LogP contribution in [0.5, 0.6) is 5.75 Å². The van der Waals surface area contributed by atoms with Crippen molar-refractivity contribution in [3.05, 3.63) is 101 Å². The van der Waals surface area contributed by atoms with E-state index in [9.17, 15) is 19.2 Å². The predicted octanol–water partition coefficient (Wildman–Crippen LogP) is 8.09. The number of nitrogens with one attached hydrogen (secondary N) is 2. The summed E-state index contributed by atoms with van der Waals surface area (Å²) >= 11 is 5.67. The standard InChI is InChI=1S/C57H80ClN5O13/c1-57(2,3)53-43-48(42-49(64)41-46-19-20-52(51-17-7-6-16-50(46)51)73-33-25-62-23-31-71-32-24-62)63(61-53)47-15-12-14-45(40-47)44-60-56(67)76-29-11-10-28-75-55(66)59-22-30-70-36-37-72-38-39-74-54(65)18-13-27-69-35-34-68-26-9-5-4-8-21-58/h6-7,10-12,14-17,19-20,40,43H,4-5,8-9,13,18,21-39,41-42,44H2,1-3H3,(H,59,66)(H,60,67)/b11-10-. The summed E-state index contributed by atoms with van der Waals surface area (Å²) in [4.78, 5) is 52.7. The molecule has 1 aliphatic heterocycles. The van der Waals surface area contributed by atoms with Crippen molar-refractivity contribution in [3.8, 4) is 11.4 Å². The zero-order chi connectivity index (χ0) is 54.1. The molecule has 1 saturated heterocycles. The molecular weight excluding hydrogens is 998 g/mol. The van der Waals surface area contributed by atoms with Gasteiger partial charge in [-0.15, -0.1) is 11.6 Å². The molecule has 0 atom stereocenters. The summed E-state index contributed by atoms with van der Waals surface area (Å²) < 4.78 is 51.0. The van der Waals surface area contributed by atoms with Crippen LogP contribution in [0.25, 0.3) is 16.5 Å². The maximum Gasteiger partial charge on any atom is 0.407 e. The van der Waals surface area contributed by atoms with E-state index in [-0.39, 0.29) is 82.6 Å². The monoisotopic (exact) mass is 1080 g/mol. The van der Waals surface area contributed by atoms with Crippen LogP contribution in [-0.2, 0) is 72.3 Å². The van der Waals surface area contributed by atoms with E-state index < -0.39 is 12.2 Å². The van der Waals surface area contributed by atoms with Gasteiger partial charge in [-0.05, 0) is 72.2 Å². The smallest absolute Gasteiger partial charge is 0.407 e. The number of alkyl halides is 1. The number of esters is 1. The molecule has 0 unspecified atom stereocenters. The fourth-order valence-corrected chi connectivity index (χ4v) is 8.11. The lowest BCUT2D eigenvalue weighted by Crippen LogP contribution is -2.38. The van der Waals surface area contributed by atoms with Crippen LogP contribution in [0.1, 0.15) is 81.8 Å². The topological polar surface area (TPSA) is 196 Å². The number of aromatic nitrogens is 2. The number of unbranched alkanes of at least 4 members (excludes halogenated alkanes) is 3. The van der Waals surface area contributed by atoms with Crippen molar-refractivity contribution < 1.29 is 61.8 Å². The van der Waals surface area contributed by atoms with Crippen molar-refractivity contribution in [2.75, 3.05) is 125 Å². The summed E-state index contributed by atoms with van der Waals surface area (Å²) in [5.74, 6) is 1.27. The number of hydrogen-bond donors (Lipinski definition) is 2. The molecule has 1 aromatic heterocycles. The van der Waals surface area contributed by atoms with Gasteiger partial charge in [-0.1, -0.05) is 76.1 Å². The van der Waals surface area contributed by atoms with Gasteiger partial charge in [0.05, 0.1) is 69.9 Å². The first-order valence-electron chi connectivity index (χ1n) is 26.6. The number of fused-ring (bicyclic) bond motifs is 1. The van der Waals surface area contributed by atoms with E-state index >= 15 is 0 Å². The Bertz CT molecular complexity index is 2370. The second-order valence-electron chi connectivity index (χ2n) is 19.1. The summed E-state index contributed by atoms with van der Waals surface area (Å²) in [5.41, 5.74) is 3.89. The molecule has 0 aliphatic carbocycles. The minimum atomic E-state index is -0.618. The van der Waals surface area contributed by atoms with Gasteiger partial charge in [-0.3, -0.25) is 14.5 Å². The van der Waals surface area contributed by atoms with E-state index in [1.54, 1.807) is 12.2 Å². The van der Waals surface area contributed by atoms with Gasteiger partial charge >= 0.3 is 18.2 Å². The highest BCUT2D eigenvalue weighted by Crippen LogP contribution is 2.30. The Morgan fingerprint density at radius 1 is 0.684 bits per heavy atom. The molecular formula is C57H80ClN5O13. The fourth-order valence-electron chi connectivity index (χ4n) is 7.92. The molecule has 5 rings (SSSR count). The van der Waals surface area contributed by atoms with Crippen LogP contribution < -0.4 is 15.4 Å². The number of morpholine rings is 1. The molecule has 0 saturated carbocycles. The fraction of sp³-hybridized carbons (Fsp3) is 0.561. The van der Waals surface area contributed by atoms with Crippen LogP contribution in [-0.4, -0.2) is 163 Å². The van der Waals surface area contributed by atoms with Crippen LogP contribution in [0.4, 0.5) is 9.59 Å². The zero-order valence-electron chi connectivity index (χ0n) is 44.8. The van der Waals surface area contributed by atoms with E-state index in [4.69, 9.17) is 59.3 Å². The van der Waals surface area contributed by atoms with Gasteiger partial charge in [0.1, 0.15) is 38.0 Å². The average molecular weight is 1080 g/mol. The third-order valence-electron chi connectivity index (χ3n) is 12.0. The van der Waals surface area contributed by atoms with Crippen LogP contribution in [0.2, 0.25) is 0 Å². The summed E-state index contributed by atoms with van der Waals surface area (Å²) in [6.45, 7) is 14.9. The van der Waals surface area contributed by atoms with E-state index in [0.717, 1.165) is 110 Å². The Morgan fingerprint density at radius 2 is 1.36 bits per heavy atom. The van der Waals surface area contributed by atoms with E-state index in [2.05, 4.69) is 36.3 Å². The van der Waals surface area contributed by atoms with Gasteiger partial charge in [0.15, 0.2) is 0 Å². The van der Waals surface area contributed by atoms with Gasteiger partial charge in [0, 0.05) is 81.9 Å². The Labute approximate surface area is 453 Å². The summed E-state index contributed by atoms with van der Waals surface area (Å²) in [6.07, 6.45) is 7.51. The number of halogens is 1. The second-order valence-corrected chi connectivity index (χ2v) is 19.5. The molecule has 76 heavy (non-hydrogen) atoms. The quantitative estimate of drug-likeness (QED) is 0.0144. The lowest BCUT2D eigenvalue weighted by Gasteiger charge is -2.26. The lowest BCUT2D eigenvalue weighted by molar-refractivity contribution is -0.145. The van der Waals surface area contributed by atoms with Crippen LogP contribution in [0, 0.1) is 0 Å². The molecule has 1 aliphatic rings. The number of Topliss-reactive ketones (excluding diaryl/α,β-unsaturated/α-hetero) is 1. The Kier molecular flexibility index (Phi) is 28.8. The van der Waals surface area contributed by atoms with E-state index in [1.165, 1.54) is 0 Å². The van der Waals surface area contributed by atoms with Gasteiger partial charge in [-0.25, -0.2) is 14.3 Å². The number of carbonyl (C=O) groups excluding carboxylic acids is 4. The van der Waals surface area contributed by atoms with Gasteiger partial charge < -0.3 is 53.3 Å². The molecule has 0 radical (unpaired) electrons. The molecule has 418 valence electrons. The number of ether oxygens (including phenoxy) is 9. The number of hydrogen-bond acceptors (Lipinski definition) is 15. The second kappa shape index (κ2) is 35.7. The summed E-state index contributed by atoms with van der Waals surface area (Å²) in [7, 11) is 0. The SMILES string of the molecule is CC(C)(C)c1cc(CC(=O)Cc2ccc(OCCN3CCOCC3)c3ccccc23)n(-c2cccc(CNC(=O)OC/C=C\COC(=O)NCCOCCOCCOC(=O)CCCOCCOCCCCCCCl)c2)n1. The third kappa shape index (κ3) is 24.2. The van der Waals surface area contributed by atoms with Crippen LogP contribution in [0.3, 0.4) is 0 Å². The van der Waals surface area contributed by atoms with Crippen molar-refractivity contribution in [2.45, 2.75) is 84.1 Å². The number of ketones is 1. The number of alkyl carbamates (subject to hydrolysis) is 2. The molecule has 3 aromatic carbocycles. The van der Waals surface area contributed by atoms with Gasteiger partial charge in [0.25, 0.3) is 0 Å². The Morgan fingerprint density at radius 3 is 2.09 bits per heavy atom. The molecule has 4 aromatic rings. The third-order valence-corrected chi connectivity index (χ3v) is 12.3.